The summed E-state index contributed by atoms with van der Waals surface area (Å²) in [5.41, 5.74) is 6.73. The Bertz CT molecular complexity index is 567. The van der Waals surface area contributed by atoms with Crippen LogP contribution < -0.4 is 15.8 Å². The number of furan rings is 1. The Balaban J connectivity index is 1.76. The van der Waals surface area contributed by atoms with Gasteiger partial charge in [-0.15, -0.1) is 0 Å². The van der Waals surface area contributed by atoms with Gasteiger partial charge in [-0.2, -0.15) is 0 Å². The van der Waals surface area contributed by atoms with Crippen molar-refractivity contribution in [2.75, 3.05) is 20.3 Å². The summed E-state index contributed by atoms with van der Waals surface area (Å²) >= 11 is 0. The molecule has 2 heterocycles. The van der Waals surface area contributed by atoms with Crippen molar-refractivity contribution >= 4 is 5.96 Å². The Morgan fingerprint density at radius 3 is 2.95 bits per heavy atom. The Labute approximate surface area is 129 Å². The van der Waals surface area contributed by atoms with Crippen LogP contribution in [0.1, 0.15) is 11.3 Å². The van der Waals surface area contributed by atoms with Crippen molar-refractivity contribution in [3.8, 4) is 5.88 Å². The molecule has 0 spiro atoms. The lowest BCUT2D eigenvalue weighted by atomic mass is 10.3. The maximum absolute atomic E-state index is 5.79. The average molecular weight is 304 g/mol. The maximum Gasteiger partial charge on any atom is 0.213 e. The molecule has 0 atom stereocenters. The fourth-order valence-corrected chi connectivity index (χ4v) is 1.64. The minimum Gasteiger partial charge on any atom is -0.475 e. The van der Waals surface area contributed by atoms with Crippen LogP contribution in [-0.2, 0) is 17.8 Å². The molecular formula is C15H20N4O3. The van der Waals surface area contributed by atoms with Crippen molar-refractivity contribution in [1.29, 1.82) is 0 Å². The summed E-state index contributed by atoms with van der Waals surface area (Å²) in [7, 11) is 1.63. The van der Waals surface area contributed by atoms with E-state index in [1.54, 1.807) is 25.6 Å². The standard InChI is InChI=1S/C15H20N4O3/c1-20-7-8-22-14-5-4-12(9-17-14)10-18-15(16)19-11-13-3-2-6-21-13/h2-6,9H,7-8,10-11H2,1H3,(H3,16,18,19). The van der Waals surface area contributed by atoms with Gasteiger partial charge in [0, 0.05) is 19.4 Å². The lowest BCUT2D eigenvalue weighted by Crippen LogP contribution is -2.30. The fraction of sp³-hybridized carbons (Fsp3) is 0.333. The molecule has 0 amide bonds. The molecule has 0 aromatic carbocycles. The molecule has 0 bridgehead atoms. The number of nitrogens with two attached hydrogens (primary N) is 1. The van der Waals surface area contributed by atoms with Gasteiger partial charge >= 0.3 is 0 Å². The van der Waals surface area contributed by atoms with E-state index in [1.165, 1.54) is 0 Å². The third kappa shape index (κ3) is 5.45. The van der Waals surface area contributed by atoms with Crippen LogP contribution in [0.25, 0.3) is 0 Å². The largest absolute Gasteiger partial charge is 0.475 e. The van der Waals surface area contributed by atoms with E-state index in [1.807, 2.05) is 18.2 Å². The van der Waals surface area contributed by atoms with Gasteiger partial charge in [0.15, 0.2) is 5.96 Å². The van der Waals surface area contributed by atoms with Crippen LogP contribution in [0.4, 0.5) is 0 Å². The first-order valence-electron chi connectivity index (χ1n) is 6.91. The van der Waals surface area contributed by atoms with Gasteiger partial charge in [0.05, 0.1) is 26.0 Å². The Morgan fingerprint density at radius 1 is 1.36 bits per heavy atom. The van der Waals surface area contributed by atoms with E-state index < -0.39 is 0 Å². The normalized spacial score (nSPS) is 11.4. The summed E-state index contributed by atoms with van der Waals surface area (Å²) in [6.07, 6.45) is 3.33. The minimum atomic E-state index is 0.358. The van der Waals surface area contributed by atoms with E-state index in [4.69, 9.17) is 19.6 Å². The van der Waals surface area contributed by atoms with Gasteiger partial charge in [-0.25, -0.2) is 9.98 Å². The zero-order chi connectivity index (χ0) is 15.6. The minimum absolute atomic E-state index is 0.358. The van der Waals surface area contributed by atoms with Crippen molar-refractivity contribution in [3.63, 3.8) is 0 Å². The van der Waals surface area contributed by atoms with Gasteiger partial charge in [0.25, 0.3) is 0 Å². The summed E-state index contributed by atoms with van der Waals surface area (Å²) in [5, 5.41) is 2.98. The second-order valence-corrected chi connectivity index (χ2v) is 4.48. The van der Waals surface area contributed by atoms with E-state index in [-0.39, 0.29) is 0 Å². The molecule has 0 saturated heterocycles. The second kappa shape index (κ2) is 8.68. The highest BCUT2D eigenvalue weighted by atomic mass is 16.5. The van der Waals surface area contributed by atoms with Gasteiger partial charge in [-0.1, -0.05) is 6.07 Å². The number of ether oxygens (including phenoxy) is 2. The van der Waals surface area contributed by atoms with Crippen molar-refractivity contribution in [2.45, 2.75) is 13.1 Å². The number of guanidine groups is 1. The van der Waals surface area contributed by atoms with E-state index in [0.717, 1.165) is 11.3 Å². The second-order valence-electron chi connectivity index (χ2n) is 4.48. The molecule has 0 aliphatic rings. The molecule has 0 fully saturated rings. The van der Waals surface area contributed by atoms with E-state index in [0.29, 0.717) is 38.1 Å². The molecule has 0 radical (unpaired) electrons. The number of nitrogens with zero attached hydrogens (tertiary/aromatic N) is 2. The number of hydrogen-bond acceptors (Lipinski definition) is 5. The first kappa shape index (κ1) is 15.8. The van der Waals surface area contributed by atoms with Crippen LogP contribution in [0.3, 0.4) is 0 Å². The van der Waals surface area contributed by atoms with Gasteiger partial charge in [0.2, 0.25) is 5.88 Å². The number of aromatic nitrogens is 1. The molecule has 0 saturated carbocycles. The van der Waals surface area contributed by atoms with Crippen molar-refractivity contribution in [1.82, 2.24) is 10.3 Å². The van der Waals surface area contributed by atoms with Crippen LogP contribution in [0.15, 0.2) is 46.1 Å². The molecule has 2 aromatic heterocycles. The first-order valence-corrected chi connectivity index (χ1v) is 6.91. The quantitative estimate of drug-likeness (QED) is 0.434. The highest BCUT2D eigenvalue weighted by molar-refractivity contribution is 5.77. The molecule has 0 unspecified atom stereocenters. The van der Waals surface area contributed by atoms with Crippen molar-refractivity contribution in [3.05, 3.63) is 48.0 Å². The monoisotopic (exact) mass is 304 g/mol. The molecule has 3 N–H and O–H groups in total. The number of methoxy groups -OCH3 is 1. The van der Waals surface area contributed by atoms with Crippen LogP contribution >= 0.6 is 0 Å². The summed E-state index contributed by atoms with van der Waals surface area (Å²) < 4.78 is 15.5. The molecule has 7 heteroatoms. The van der Waals surface area contributed by atoms with Gasteiger partial charge in [-0.3, -0.25) is 0 Å². The SMILES string of the molecule is COCCOc1ccc(CN=C(N)NCc2ccco2)cn1. The summed E-state index contributed by atoms with van der Waals surface area (Å²) in [5.74, 6) is 1.72. The molecule has 0 aliphatic heterocycles. The Kier molecular flexibility index (Phi) is 6.25. The highest BCUT2D eigenvalue weighted by Crippen LogP contribution is 2.08. The van der Waals surface area contributed by atoms with Gasteiger partial charge < -0.3 is 24.9 Å². The van der Waals surface area contributed by atoms with Gasteiger partial charge in [0.1, 0.15) is 12.4 Å². The van der Waals surface area contributed by atoms with E-state index >= 15 is 0 Å². The summed E-state index contributed by atoms with van der Waals surface area (Å²) in [4.78, 5) is 8.43. The lowest BCUT2D eigenvalue weighted by Gasteiger charge is -2.05. The molecular weight excluding hydrogens is 284 g/mol. The zero-order valence-electron chi connectivity index (χ0n) is 12.5. The molecule has 7 nitrogen and oxygen atoms in total. The Hall–Kier alpha value is -2.54. The molecule has 2 aromatic rings. The maximum atomic E-state index is 5.79. The third-order valence-corrected chi connectivity index (χ3v) is 2.79. The average Bonchev–Trinajstić information content (AvgIpc) is 3.06. The van der Waals surface area contributed by atoms with Crippen molar-refractivity contribution < 1.29 is 13.9 Å². The molecule has 118 valence electrons. The number of nitrogens with one attached hydrogen (secondary N) is 1. The number of rotatable bonds is 8. The topological polar surface area (TPSA) is 94.9 Å². The predicted molar refractivity (Wildman–Crippen MR) is 82.5 cm³/mol. The van der Waals surface area contributed by atoms with E-state index in [2.05, 4.69) is 15.3 Å². The summed E-state index contributed by atoms with van der Waals surface area (Å²) in [6.45, 7) is 1.96. The summed E-state index contributed by atoms with van der Waals surface area (Å²) in [6, 6.07) is 7.39. The number of hydrogen-bond donors (Lipinski definition) is 2. The van der Waals surface area contributed by atoms with Crippen LogP contribution in [-0.4, -0.2) is 31.3 Å². The molecule has 0 aliphatic carbocycles. The smallest absolute Gasteiger partial charge is 0.213 e. The first-order chi connectivity index (χ1) is 10.8. The number of pyridine rings is 1. The molecule has 22 heavy (non-hydrogen) atoms. The highest BCUT2D eigenvalue weighted by Gasteiger charge is 1.99. The van der Waals surface area contributed by atoms with Crippen LogP contribution in [0.5, 0.6) is 5.88 Å². The Morgan fingerprint density at radius 2 is 2.27 bits per heavy atom. The third-order valence-electron chi connectivity index (χ3n) is 2.79. The van der Waals surface area contributed by atoms with Crippen LogP contribution in [0.2, 0.25) is 0 Å². The predicted octanol–water partition coefficient (Wildman–Crippen LogP) is 1.30. The van der Waals surface area contributed by atoms with Crippen LogP contribution in [0, 0.1) is 0 Å². The molecule has 2 rings (SSSR count). The van der Waals surface area contributed by atoms with Gasteiger partial charge in [-0.05, 0) is 17.7 Å². The zero-order valence-corrected chi connectivity index (χ0v) is 12.5. The van der Waals surface area contributed by atoms with E-state index in [9.17, 15) is 0 Å². The fourth-order valence-electron chi connectivity index (χ4n) is 1.64. The van der Waals surface area contributed by atoms with Crippen molar-refractivity contribution in [2.24, 2.45) is 10.7 Å². The lowest BCUT2D eigenvalue weighted by molar-refractivity contribution is 0.143. The number of aliphatic imine (C=N–C) groups is 1.